The summed E-state index contributed by atoms with van der Waals surface area (Å²) in [5.74, 6) is 0. The van der Waals surface area contributed by atoms with Crippen molar-refractivity contribution in [1.82, 2.24) is 0 Å². The highest BCUT2D eigenvalue weighted by Gasteiger charge is 2.43. The highest BCUT2D eigenvalue weighted by molar-refractivity contribution is 4.94. The van der Waals surface area contributed by atoms with Gasteiger partial charge < -0.3 is 10.5 Å². The summed E-state index contributed by atoms with van der Waals surface area (Å²) in [4.78, 5) is 0. The van der Waals surface area contributed by atoms with Crippen LogP contribution in [0.2, 0.25) is 0 Å². The van der Waals surface area contributed by atoms with Crippen molar-refractivity contribution in [2.75, 3.05) is 6.54 Å². The lowest BCUT2D eigenvalue weighted by Crippen LogP contribution is -2.33. The Kier molecular flexibility index (Phi) is 4.14. The molecule has 0 aromatic heterocycles. The second kappa shape index (κ2) is 5.27. The van der Waals surface area contributed by atoms with E-state index in [1.54, 1.807) is 0 Å². The molecule has 0 radical (unpaired) electrons. The van der Waals surface area contributed by atoms with Crippen LogP contribution in [0.3, 0.4) is 0 Å². The van der Waals surface area contributed by atoms with Crippen LogP contribution in [0.1, 0.15) is 71.6 Å². The zero-order valence-electron chi connectivity index (χ0n) is 11.6. The van der Waals surface area contributed by atoms with Crippen molar-refractivity contribution < 1.29 is 4.74 Å². The smallest absolute Gasteiger partial charge is 0.0687 e. The van der Waals surface area contributed by atoms with Gasteiger partial charge >= 0.3 is 0 Å². The summed E-state index contributed by atoms with van der Waals surface area (Å²) < 4.78 is 6.40. The molecule has 2 rings (SSSR count). The Morgan fingerprint density at radius 1 is 1.29 bits per heavy atom. The first-order chi connectivity index (χ1) is 8.11. The van der Waals surface area contributed by atoms with Gasteiger partial charge in [-0.3, -0.25) is 0 Å². The average molecular weight is 239 g/mol. The number of rotatable bonds is 5. The average Bonchev–Trinajstić information content (AvgIpc) is 2.91. The SMILES string of the molecule is CCCC(C)(CN)CC1CCC2(CCCC2)O1. The van der Waals surface area contributed by atoms with Gasteiger partial charge in [-0.05, 0) is 50.5 Å². The number of nitrogens with two attached hydrogens (primary N) is 1. The Morgan fingerprint density at radius 3 is 2.59 bits per heavy atom. The molecule has 1 heterocycles. The van der Waals surface area contributed by atoms with Crippen molar-refractivity contribution in [3.63, 3.8) is 0 Å². The van der Waals surface area contributed by atoms with Crippen molar-refractivity contribution in [3.8, 4) is 0 Å². The van der Waals surface area contributed by atoms with Gasteiger partial charge in [0, 0.05) is 0 Å². The quantitative estimate of drug-likeness (QED) is 0.795. The number of hydrogen-bond acceptors (Lipinski definition) is 2. The molecule has 0 amide bonds. The van der Waals surface area contributed by atoms with E-state index in [9.17, 15) is 0 Å². The molecular weight excluding hydrogens is 210 g/mol. The molecule has 1 spiro atoms. The zero-order valence-corrected chi connectivity index (χ0v) is 11.6. The van der Waals surface area contributed by atoms with Gasteiger partial charge in [-0.1, -0.05) is 33.1 Å². The van der Waals surface area contributed by atoms with Crippen molar-refractivity contribution in [3.05, 3.63) is 0 Å². The van der Waals surface area contributed by atoms with Gasteiger partial charge in [0.2, 0.25) is 0 Å². The summed E-state index contributed by atoms with van der Waals surface area (Å²) >= 11 is 0. The van der Waals surface area contributed by atoms with Crippen LogP contribution in [0.15, 0.2) is 0 Å². The fourth-order valence-electron chi connectivity index (χ4n) is 3.87. The van der Waals surface area contributed by atoms with Gasteiger partial charge in [0.1, 0.15) is 0 Å². The lowest BCUT2D eigenvalue weighted by Gasteiger charge is -2.32. The lowest BCUT2D eigenvalue weighted by atomic mass is 9.80. The summed E-state index contributed by atoms with van der Waals surface area (Å²) in [5, 5.41) is 0. The molecule has 2 atom stereocenters. The monoisotopic (exact) mass is 239 g/mol. The van der Waals surface area contributed by atoms with Crippen LogP contribution >= 0.6 is 0 Å². The molecule has 1 aliphatic carbocycles. The summed E-state index contributed by atoms with van der Waals surface area (Å²) in [6.07, 6.45) is 12.0. The molecule has 2 aliphatic rings. The first-order valence-corrected chi connectivity index (χ1v) is 7.49. The molecule has 2 unspecified atom stereocenters. The molecule has 100 valence electrons. The van der Waals surface area contributed by atoms with Gasteiger partial charge in [-0.2, -0.15) is 0 Å². The fraction of sp³-hybridized carbons (Fsp3) is 1.00. The first kappa shape index (κ1) is 13.4. The predicted molar refractivity (Wildman–Crippen MR) is 72.0 cm³/mol. The first-order valence-electron chi connectivity index (χ1n) is 7.49. The fourth-order valence-corrected chi connectivity index (χ4v) is 3.87. The summed E-state index contributed by atoms with van der Waals surface area (Å²) in [6, 6.07) is 0. The van der Waals surface area contributed by atoms with E-state index in [2.05, 4.69) is 13.8 Å². The van der Waals surface area contributed by atoms with Crippen molar-refractivity contribution in [1.29, 1.82) is 0 Å². The Hall–Kier alpha value is -0.0800. The van der Waals surface area contributed by atoms with E-state index in [0.29, 0.717) is 11.5 Å². The van der Waals surface area contributed by atoms with Crippen molar-refractivity contribution in [2.45, 2.75) is 83.3 Å². The summed E-state index contributed by atoms with van der Waals surface area (Å²) in [5.41, 5.74) is 6.54. The van der Waals surface area contributed by atoms with E-state index in [4.69, 9.17) is 10.5 Å². The molecule has 0 bridgehead atoms. The minimum atomic E-state index is 0.284. The molecule has 2 N–H and O–H groups in total. The normalized spacial score (nSPS) is 30.9. The zero-order chi connectivity index (χ0) is 12.4. The van der Waals surface area contributed by atoms with Crippen LogP contribution in [0.4, 0.5) is 0 Å². The molecule has 0 aromatic carbocycles. The second-order valence-electron chi connectivity index (χ2n) is 6.64. The predicted octanol–water partition coefficient (Wildman–Crippen LogP) is 3.63. The van der Waals surface area contributed by atoms with Crippen LogP contribution < -0.4 is 5.73 Å². The van der Waals surface area contributed by atoms with E-state index in [1.807, 2.05) is 0 Å². The largest absolute Gasteiger partial charge is 0.372 e. The van der Waals surface area contributed by atoms with Crippen LogP contribution in [0.5, 0.6) is 0 Å². The maximum absolute atomic E-state index is 6.40. The molecule has 2 heteroatoms. The van der Waals surface area contributed by atoms with Crippen LogP contribution in [0.25, 0.3) is 0 Å². The van der Waals surface area contributed by atoms with E-state index >= 15 is 0 Å². The van der Waals surface area contributed by atoms with Crippen LogP contribution in [-0.4, -0.2) is 18.2 Å². The second-order valence-corrected chi connectivity index (χ2v) is 6.64. The molecule has 2 fully saturated rings. The minimum absolute atomic E-state index is 0.284. The molecular formula is C15H29NO. The molecule has 1 aliphatic heterocycles. The number of ether oxygens (including phenoxy) is 1. The third-order valence-corrected chi connectivity index (χ3v) is 4.92. The highest BCUT2D eigenvalue weighted by atomic mass is 16.5. The van der Waals surface area contributed by atoms with Crippen molar-refractivity contribution >= 4 is 0 Å². The third kappa shape index (κ3) is 3.03. The Bertz CT molecular complexity index is 247. The number of hydrogen-bond donors (Lipinski definition) is 1. The topological polar surface area (TPSA) is 35.2 Å². The highest BCUT2D eigenvalue weighted by Crippen LogP contribution is 2.46. The summed E-state index contributed by atoms with van der Waals surface area (Å²) in [7, 11) is 0. The van der Waals surface area contributed by atoms with Crippen LogP contribution in [-0.2, 0) is 4.74 Å². The van der Waals surface area contributed by atoms with E-state index in [0.717, 1.165) is 6.54 Å². The standard InChI is InChI=1S/C15H29NO/c1-3-7-14(2,12-16)11-13-6-10-15(17-13)8-4-5-9-15/h13H,3-12,16H2,1-2H3. The van der Waals surface area contributed by atoms with Gasteiger partial charge in [0.05, 0.1) is 11.7 Å². The van der Waals surface area contributed by atoms with Crippen LogP contribution in [0, 0.1) is 5.41 Å². The molecule has 1 saturated heterocycles. The van der Waals surface area contributed by atoms with Gasteiger partial charge in [0.15, 0.2) is 0 Å². The molecule has 0 aromatic rings. The maximum Gasteiger partial charge on any atom is 0.0687 e. The maximum atomic E-state index is 6.40. The Labute approximate surface area is 106 Å². The van der Waals surface area contributed by atoms with Gasteiger partial charge in [-0.15, -0.1) is 0 Å². The molecule has 17 heavy (non-hydrogen) atoms. The van der Waals surface area contributed by atoms with E-state index < -0.39 is 0 Å². The minimum Gasteiger partial charge on any atom is -0.372 e. The molecule has 2 nitrogen and oxygen atoms in total. The lowest BCUT2D eigenvalue weighted by molar-refractivity contribution is -0.0519. The third-order valence-electron chi connectivity index (χ3n) is 4.92. The van der Waals surface area contributed by atoms with Crippen molar-refractivity contribution in [2.24, 2.45) is 11.1 Å². The Morgan fingerprint density at radius 2 is 2.00 bits per heavy atom. The molecule has 1 saturated carbocycles. The Balaban J connectivity index is 1.88. The van der Waals surface area contributed by atoms with E-state index in [-0.39, 0.29) is 5.60 Å². The van der Waals surface area contributed by atoms with Gasteiger partial charge in [-0.25, -0.2) is 0 Å². The van der Waals surface area contributed by atoms with E-state index in [1.165, 1.54) is 57.8 Å². The summed E-state index contributed by atoms with van der Waals surface area (Å²) in [6.45, 7) is 5.38. The van der Waals surface area contributed by atoms with Gasteiger partial charge in [0.25, 0.3) is 0 Å².